The van der Waals surface area contributed by atoms with Gasteiger partial charge in [-0.15, -0.1) is 0 Å². The number of aliphatic imine (C=N–C) groups is 1. The Kier molecular flexibility index (Phi) is 3.14. The summed E-state index contributed by atoms with van der Waals surface area (Å²) in [6, 6.07) is 7.77. The number of carbonyl (C=O) groups is 1. The molecule has 1 aliphatic heterocycles. The molecule has 0 spiro atoms. The maximum atomic E-state index is 12.3. The number of hydrogen-bond acceptors (Lipinski definition) is 5. The van der Waals surface area contributed by atoms with Gasteiger partial charge in [0.2, 0.25) is 5.60 Å². The first kappa shape index (κ1) is 13.6. The summed E-state index contributed by atoms with van der Waals surface area (Å²) in [4.78, 5) is 18.9. The quantitative estimate of drug-likeness (QED) is 0.781. The number of allylic oxidation sites excluding steroid dienone is 2. The van der Waals surface area contributed by atoms with Crippen molar-refractivity contribution in [2.45, 2.75) is 5.60 Å². The third-order valence-corrected chi connectivity index (χ3v) is 3.83. The Morgan fingerprint density at radius 2 is 2.05 bits per heavy atom. The van der Waals surface area contributed by atoms with E-state index in [1.165, 1.54) is 14.2 Å². The monoisotopic (exact) mass is 284 g/mol. The van der Waals surface area contributed by atoms with Crippen LogP contribution in [0.25, 0.3) is 0 Å². The van der Waals surface area contributed by atoms with Gasteiger partial charge < -0.3 is 14.4 Å². The summed E-state index contributed by atoms with van der Waals surface area (Å²) in [5.41, 5.74) is 1.84. The number of nitrogens with zero attached hydrogens (tertiary/aromatic N) is 2. The lowest BCUT2D eigenvalue weighted by Gasteiger charge is -2.38. The number of anilines is 1. The van der Waals surface area contributed by atoms with E-state index in [9.17, 15) is 4.79 Å². The van der Waals surface area contributed by atoms with Crippen LogP contribution in [0.4, 0.5) is 11.4 Å². The van der Waals surface area contributed by atoms with Crippen LogP contribution in [0.15, 0.2) is 53.2 Å². The molecule has 1 atom stereocenters. The second kappa shape index (κ2) is 4.86. The van der Waals surface area contributed by atoms with E-state index >= 15 is 0 Å². The van der Waals surface area contributed by atoms with Crippen molar-refractivity contribution in [3.05, 3.63) is 48.2 Å². The highest BCUT2D eigenvalue weighted by Crippen LogP contribution is 2.40. The first-order valence-corrected chi connectivity index (χ1v) is 6.59. The van der Waals surface area contributed by atoms with Gasteiger partial charge in [-0.3, -0.25) is 0 Å². The van der Waals surface area contributed by atoms with Gasteiger partial charge in [-0.1, -0.05) is 18.2 Å². The minimum absolute atomic E-state index is 0.488. The van der Waals surface area contributed by atoms with E-state index in [4.69, 9.17) is 9.47 Å². The van der Waals surface area contributed by atoms with Gasteiger partial charge in [0.15, 0.2) is 0 Å². The van der Waals surface area contributed by atoms with Gasteiger partial charge >= 0.3 is 5.97 Å². The molecule has 0 saturated heterocycles. The zero-order valence-corrected chi connectivity index (χ0v) is 12.2. The number of para-hydroxylation sites is 2. The Hall–Kier alpha value is -2.40. The third kappa shape index (κ3) is 1.81. The van der Waals surface area contributed by atoms with Crippen molar-refractivity contribution >= 4 is 23.1 Å². The van der Waals surface area contributed by atoms with Crippen molar-refractivity contribution in [2.24, 2.45) is 4.99 Å². The predicted molar refractivity (Wildman–Crippen MR) is 80.9 cm³/mol. The first-order valence-electron chi connectivity index (χ1n) is 6.59. The van der Waals surface area contributed by atoms with E-state index < -0.39 is 11.6 Å². The molecule has 2 aliphatic rings. The number of carbonyl (C=O) groups excluding carboxylic acids is 1. The Morgan fingerprint density at radius 1 is 1.29 bits per heavy atom. The zero-order chi connectivity index (χ0) is 15.0. The van der Waals surface area contributed by atoms with Gasteiger partial charge in [-0.2, -0.15) is 0 Å². The topological polar surface area (TPSA) is 51.1 Å². The Morgan fingerprint density at radius 3 is 2.76 bits per heavy atom. The van der Waals surface area contributed by atoms with Crippen molar-refractivity contribution < 1.29 is 14.3 Å². The number of ether oxygens (including phenoxy) is 2. The summed E-state index contributed by atoms with van der Waals surface area (Å²) < 4.78 is 10.4. The first-order chi connectivity index (χ1) is 10.1. The molecule has 21 heavy (non-hydrogen) atoms. The van der Waals surface area contributed by atoms with Gasteiger partial charge in [0, 0.05) is 14.2 Å². The standard InChI is InChI=1S/C16H16N2O3/c1-18-12-8-5-4-7-11(12)17-14-13(18)9-6-10-16(14,21-3)15(19)20-2/h4-10H,1-3H3. The summed E-state index contributed by atoms with van der Waals surface area (Å²) >= 11 is 0. The van der Waals surface area contributed by atoms with Gasteiger partial charge in [0.05, 0.1) is 24.2 Å². The molecule has 0 amide bonds. The van der Waals surface area contributed by atoms with E-state index in [0.717, 1.165) is 17.1 Å². The highest BCUT2D eigenvalue weighted by molar-refractivity contribution is 6.24. The average molecular weight is 284 g/mol. The smallest absolute Gasteiger partial charge is 0.348 e. The van der Waals surface area contributed by atoms with Crippen LogP contribution in [0, 0.1) is 0 Å². The maximum absolute atomic E-state index is 12.3. The van der Waals surface area contributed by atoms with E-state index in [-0.39, 0.29) is 0 Å². The number of rotatable bonds is 2. The fourth-order valence-electron chi connectivity index (χ4n) is 2.69. The molecule has 5 heteroatoms. The Balaban J connectivity index is 2.23. The summed E-state index contributed by atoms with van der Waals surface area (Å²) in [6.07, 6.45) is 5.37. The van der Waals surface area contributed by atoms with Crippen LogP contribution in [-0.2, 0) is 14.3 Å². The third-order valence-electron chi connectivity index (χ3n) is 3.83. The molecule has 1 aromatic rings. The van der Waals surface area contributed by atoms with Crippen LogP contribution in [-0.4, -0.2) is 38.5 Å². The largest absolute Gasteiger partial charge is 0.466 e. The molecule has 0 bridgehead atoms. The van der Waals surface area contributed by atoms with Gasteiger partial charge in [0.25, 0.3) is 0 Å². The van der Waals surface area contributed by atoms with Crippen LogP contribution in [0.5, 0.6) is 0 Å². The second-order valence-electron chi connectivity index (χ2n) is 4.85. The molecule has 108 valence electrons. The highest BCUT2D eigenvalue weighted by atomic mass is 16.6. The Bertz CT molecular complexity index is 691. The number of hydrogen-bond donors (Lipinski definition) is 0. The van der Waals surface area contributed by atoms with E-state index in [0.29, 0.717) is 5.71 Å². The lowest BCUT2D eigenvalue weighted by atomic mass is 9.88. The van der Waals surface area contributed by atoms with Crippen LogP contribution < -0.4 is 4.90 Å². The van der Waals surface area contributed by atoms with Crippen molar-refractivity contribution in [2.75, 3.05) is 26.2 Å². The fourth-order valence-corrected chi connectivity index (χ4v) is 2.69. The van der Waals surface area contributed by atoms with E-state index in [1.807, 2.05) is 42.3 Å². The van der Waals surface area contributed by atoms with Crippen molar-refractivity contribution in [3.8, 4) is 0 Å². The van der Waals surface area contributed by atoms with Gasteiger partial charge in [-0.25, -0.2) is 9.79 Å². The molecule has 1 heterocycles. The molecule has 1 aromatic carbocycles. The number of benzene rings is 1. The molecule has 3 rings (SSSR count). The normalized spacial score (nSPS) is 22.9. The van der Waals surface area contributed by atoms with E-state index in [2.05, 4.69) is 4.99 Å². The summed E-state index contributed by atoms with van der Waals surface area (Å²) in [5.74, 6) is -0.488. The predicted octanol–water partition coefficient (Wildman–Crippen LogP) is 2.22. The molecular weight excluding hydrogens is 268 g/mol. The van der Waals surface area contributed by atoms with E-state index in [1.54, 1.807) is 12.2 Å². The maximum Gasteiger partial charge on any atom is 0.348 e. The molecule has 0 radical (unpaired) electrons. The molecule has 0 saturated carbocycles. The lowest BCUT2D eigenvalue weighted by molar-refractivity contribution is -0.153. The SMILES string of the molecule is COC(=O)C1(OC)C=CC=C2C1=Nc1ccccc1N2C. The average Bonchev–Trinajstić information content (AvgIpc) is 2.54. The van der Waals surface area contributed by atoms with Crippen LogP contribution in [0.1, 0.15) is 0 Å². The number of methoxy groups -OCH3 is 2. The van der Waals surface area contributed by atoms with Crippen molar-refractivity contribution in [3.63, 3.8) is 0 Å². The highest BCUT2D eigenvalue weighted by Gasteiger charge is 2.48. The molecule has 1 unspecified atom stereocenters. The molecule has 0 N–H and O–H groups in total. The van der Waals surface area contributed by atoms with Gasteiger partial charge in [-0.05, 0) is 24.3 Å². The molecular formula is C16H16N2O3. The summed E-state index contributed by atoms with van der Waals surface area (Å²) in [7, 11) is 4.76. The van der Waals surface area contributed by atoms with Crippen LogP contribution in [0.3, 0.4) is 0 Å². The molecule has 5 nitrogen and oxygen atoms in total. The number of fused-ring (bicyclic) bond motifs is 2. The summed E-state index contributed by atoms with van der Waals surface area (Å²) in [6.45, 7) is 0. The number of esters is 1. The summed E-state index contributed by atoms with van der Waals surface area (Å²) in [5, 5.41) is 0. The van der Waals surface area contributed by atoms with Crippen LogP contribution >= 0.6 is 0 Å². The Labute approximate surface area is 123 Å². The second-order valence-corrected chi connectivity index (χ2v) is 4.85. The van der Waals surface area contributed by atoms with Crippen molar-refractivity contribution in [1.29, 1.82) is 0 Å². The molecule has 0 fully saturated rings. The fraction of sp³-hybridized carbons (Fsp3) is 0.250. The molecule has 1 aliphatic carbocycles. The van der Waals surface area contributed by atoms with Crippen molar-refractivity contribution in [1.82, 2.24) is 0 Å². The minimum atomic E-state index is -1.30. The molecule has 0 aromatic heterocycles. The zero-order valence-electron chi connectivity index (χ0n) is 12.2. The lowest BCUT2D eigenvalue weighted by Crippen LogP contribution is -2.52. The van der Waals surface area contributed by atoms with Crippen LogP contribution in [0.2, 0.25) is 0 Å². The van der Waals surface area contributed by atoms with Gasteiger partial charge in [0.1, 0.15) is 5.71 Å². The minimum Gasteiger partial charge on any atom is -0.466 e.